The van der Waals surface area contributed by atoms with Gasteiger partial charge in [-0.3, -0.25) is 9.48 Å². The van der Waals surface area contributed by atoms with Crippen LogP contribution in [-0.2, 0) is 18.3 Å². The van der Waals surface area contributed by atoms with Crippen LogP contribution in [0.25, 0.3) is 22.2 Å². The van der Waals surface area contributed by atoms with Crippen molar-refractivity contribution in [1.82, 2.24) is 20.1 Å². The zero-order valence-corrected chi connectivity index (χ0v) is 18.0. The number of hydrogen-bond donors (Lipinski definition) is 1. The molecule has 0 saturated heterocycles. The van der Waals surface area contributed by atoms with Crippen LogP contribution >= 0.6 is 0 Å². The number of amides is 1. The first-order valence-electron chi connectivity index (χ1n) is 10.4. The number of carbonyl (C=O) groups is 1. The summed E-state index contributed by atoms with van der Waals surface area (Å²) in [5.74, 6) is 0.236. The second kappa shape index (κ2) is 9.00. The maximum absolute atomic E-state index is 12.5. The van der Waals surface area contributed by atoms with E-state index in [0.717, 1.165) is 34.3 Å². The maximum Gasteiger partial charge on any atom is 0.260 e. The molecule has 0 aliphatic heterocycles. The number of fused-ring (bicyclic) bond motifs is 1. The molecule has 0 aliphatic carbocycles. The SMILES string of the molecule is Cc1nn(C)c2nc(OC(C)C(=O)NCCc3ccccc3)cc(-c3ccccc3)c12. The molecular formula is C25H26N4O2. The topological polar surface area (TPSA) is 69.0 Å². The third kappa shape index (κ3) is 4.58. The van der Waals surface area contributed by atoms with Crippen LogP contribution < -0.4 is 10.1 Å². The lowest BCUT2D eigenvalue weighted by molar-refractivity contribution is -0.127. The van der Waals surface area contributed by atoms with Crippen molar-refractivity contribution in [3.05, 3.63) is 78.0 Å². The number of aromatic nitrogens is 3. The fourth-order valence-electron chi connectivity index (χ4n) is 3.68. The third-order valence-corrected chi connectivity index (χ3v) is 5.25. The van der Waals surface area contributed by atoms with Gasteiger partial charge in [0.25, 0.3) is 5.91 Å². The van der Waals surface area contributed by atoms with E-state index >= 15 is 0 Å². The number of pyridine rings is 1. The van der Waals surface area contributed by atoms with Gasteiger partial charge in [0.2, 0.25) is 5.88 Å². The number of nitrogens with zero attached hydrogens (tertiary/aromatic N) is 3. The number of rotatable bonds is 7. The van der Waals surface area contributed by atoms with Gasteiger partial charge in [0.05, 0.1) is 11.1 Å². The van der Waals surface area contributed by atoms with Gasteiger partial charge in [-0.15, -0.1) is 0 Å². The first-order chi connectivity index (χ1) is 15.0. The fraction of sp³-hybridized carbons (Fsp3) is 0.240. The van der Waals surface area contributed by atoms with E-state index in [9.17, 15) is 4.79 Å². The number of carbonyl (C=O) groups excluding carboxylic acids is 1. The summed E-state index contributed by atoms with van der Waals surface area (Å²) in [6, 6.07) is 22.0. The summed E-state index contributed by atoms with van der Waals surface area (Å²) in [6.45, 7) is 4.26. The molecule has 2 heterocycles. The molecule has 1 unspecified atom stereocenters. The first kappa shape index (κ1) is 20.6. The molecule has 1 N–H and O–H groups in total. The summed E-state index contributed by atoms with van der Waals surface area (Å²) in [7, 11) is 1.86. The highest BCUT2D eigenvalue weighted by Crippen LogP contribution is 2.33. The van der Waals surface area contributed by atoms with Gasteiger partial charge < -0.3 is 10.1 Å². The zero-order valence-electron chi connectivity index (χ0n) is 18.0. The molecule has 0 fully saturated rings. The van der Waals surface area contributed by atoms with Gasteiger partial charge in [0.1, 0.15) is 0 Å². The number of benzene rings is 2. The normalized spacial score (nSPS) is 12.0. The van der Waals surface area contributed by atoms with E-state index < -0.39 is 6.10 Å². The van der Waals surface area contributed by atoms with E-state index in [4.69, 9.17) is 4.74 Å². The number of nitrogens with one attached hydrogen (secondary N) is 1. The van der Waals surface area contributed by atoms with Crippen LogP contribution in [0.1, 0.15) is 18.2 Å². The quantitative estimate of drug-likeness (QED) is 0.495. The minimum atomic E-state index is -0.668. The van der Waals surface area contributed by atoms with Crippen LogP contribution in [0.5, 0.6) is 5.88 Å². The average Bonchev–Trinajstić information content (AvgIpc) is 3.08. The van der Waals surface area contributed by atoms with Crippen LogP contribution in [0.3, 0.4) is 0 Å². The Morgan fingerprint density at radius 3 is 2.48 bits per heavy atom. The van der Waals surface area contributed by atoms with Gasteiger partial charge in [-0.1, -0.05) is 60.7 Å². The zero-order chi connectivity index (χ0) is 21.8. The maximum atomic E-state index is 12.5. The number of aryl methyl sites for hydroxylation is 2. The lowest BCUT2D eigenvalue weighted by Gasteiger charge is -2.15. The monoisotopic (exact) mass is 414 g/mol. The molecule has 158 valence electrons. The first-order valence-corrected chi connectivity index (χ1v) is 10.4. The number of ether oxygens (including phenoxy) is 1. The molecule has 4 rings (SSSR count). The molecular weight excluding hydrogens is 388 g/mol. The van der Waals surface area contributed by atoms with Crippen LogP contribution in [-0.4, -0.2) is 33.3 Å². The van der Waals surface area contributed by atoms with E-state index in [1.807, 2.05) is 80.7 Å². The smallest absolute Gasteiger partial charge is 0.260 e. The van der Waals surface area contributed by atoms with E-state index in [2.05, 4.69) is 15.4 Å². The lowest BCUT2D eigenvalue weighted by atomic mass is 10.0. The molecule has 2 aromatic heterocycles. The van der Waals surface area contributed by atoms with Crippen molar-refractivity contribution >= 4 is 16.9 Å². The van der Waals surface area contributed by atoms with Crippen molar-refractivity contribution in [1.29, 1.82) is 0 Å². The van der Waals surface area contributed by atoms with Crippen LogP contribution in [0, 0.1) is 6.92 Å². The van der Waals surface area contributed by atoms with Crippen molar-refractivity contribution < 1.29 is 9.53 Å². The molecule has 31 heavy (non-hydrogen) atoms. The fourth-order valence-corrected chi connectivity index (χ4v) is 3.68. The van der Waals surface area contributed by atoms with E-state index in [1.54, 1.807) is 11.6 Å². The van der Waals surface area contributed by atoms with E-state index in [1.165, 1.54) is 5.56 Å². The van der Waals surface area contributed by atoms with Gasteiger partial charge in [0.15, 0.2) is 11.8 Å². The third-order valence-electron chi connectivity index (χ3n) is 5.25. The van der Waals surface area contributed by atoms with Crippen molar-refractivity contribution in [3.8, 4) is 17.0 Å². The molecule has 0 bridgehead atoms. The molecule has 6 heteroatoms. The Morgan fingerprint density at radius 2 is 1.77 bits per heavy atom. The summed E-state index contributed by atoms with van der Waals surface area (Å²) in [6.07, 6.45) is 0.106. The Labute approximate surface area is 181 Å². The summed E-state index contributed by atoms with van der Waals surface area (Å²) in [5.41, 5.74) is 4.86. The second-order valence-electron chi connectivity index (χ2n) is 7.57. The average molecular weight is 415 g/mol. The van der Waals surface area contributed by atoms with Gasteiger partial charge in [-0.25, -0.2) is 0 Å². The minimum Gasteiger partial charge on any atom is -0.464 e. The highest BCUT2D eigenvalue weighted by Gasteiger charge is 2.19. The van der Waals surface area contributed by atoms with E-state index in [0.29, 0.717) is 12.4 Å². The van der Waals surface area contributed by atoms with Crippen molar-refractivity contribution in [2.75, 3.05) is 6.54 Å². The Balaban J connectivity index is 1.52. The van der Waals surface area contributed by atoms with Gasteiger partial charge in [-0.2, -0.15) is 10.1 Å². The summed E-state index contributed by atoms with van der Waals surface area (Å²) in [4.78, 5) is 17.2. The summed E-state index contributed by atoms with van der Waals surface area (Å²) >= 11 is 0. The molecule has 1 amide bonds. The minimum absolute atomic E-state index is 0.166. The Morgan fingerprint density at radius 1 is 1.10 bits per heavy atom. The van der Waals surface area contributed by atoms with Gasteiger partial charge in [0, 0.05) is 19.7 Å². The Kier molecular flexibility index (Phi) is 5.98. The van der Waals surface area contributed by atoms with Gasteiger partial charge >= 0.3 is 0 Å². The molecule has 0 spiro atoms. The summed E-state index contributed by atoms with van der Waals surface area (Å²) < 4.78 is 7.69. The molecule has 0 saturated carbocycles. The van der Waals surface area contributed by atoms with Crippen molar-refractivity contribution in [2.24, 2.45) is 7.05 Å². The summed E-state index contributed by atoms with van der Waals surface area (Å²) in [5, 5.41) is 8.45. The molecule has 2 aromatic carbocycles. The molecule has 0 aliphatic rings. The largest absolute Gasteiger partial charge is 0.464 e. The second-order valence-corrected chi connectivity index (χ2v) is 7.57. The Hall–Kier alpha value is -3.67. The Bertz CT molecular complexity index is 1190. The highest BCUT2D eigenvalue weighted by atomic mass is 16.5. The molecule has 1 atom stereocenters. The lowest BCUT2D eigenvalue weighted by Crippen LogP contribution is -2.37. The van der Waals surface area contributed by atoms with Gasteiger partial charge in [-0.05, 0) is 37.0 Å². The van der Waals surface area contributed by atoms with Crippen LogP contribution in [0.4, 0.5) is 0 Å². The predicted molar refractivity (Wildman–Crippen MR) is 122 cm³/mol. The van der Waals surface area contributed by atoms with Crippen LogP contribution in [0.15, 0.2) is 66.7 Å². The number of hydrogen-bond acceptors (Lipinski definition) is 4. The van der Waals surface area contributed by atoms with Crippen molar-refractivity contribution in [2.45, 2.75) is 26.4 Å². The molecule has 6 nitrogen and oxygen atoms in total. The predicted octanol–water partition coefficient (Wildman–Crippen LogP) is 4.07. The molecule has 0 radical (unpaired) electrons. The van der Waals surface area contributed by atoms with Crippen LogP contribution in [0.2, 0.25) is 0 Å². The standard InChI is InChI=1S/C25H26N4O2/c1-17-23-21(20-12-8-5-9-13-20)16-22(27-24(23)29(3)28-17)31-18(2)25(30)26-15-14-19-10-6-4-7-11-19/h4-13,16,18H,14-15H2,1-3H3,(H,26,30). The van der Waals surface area contributed by atoms with Crippen molar-refractivity contribution in [3.63, 3.8) is 0 Å². The highest BCUT2D eigenvalue weighted by molar-refractivity contribution is 5.95. The van der Waals surface area contributed by atoms with E-state index in [-0.39, 0.29) is 5.91 Å². The molecule has 4 aromatic rings.